The molecule has 0 heterocycles. The molecule has 2 unspecified atom stereocenters. The fourth-order valence-corrected chi connectivity index (χ4v) is 2.96. The van der Waals surface area contributed by atoms with Crippen molar-refractivity contribution in [1.82, 2.24) is 0 Å². The summed E-state index contributed by atoms with van der Waals surface area (Å²) in [4.78, 5) is 0. The fraction of sp³-hybridized carbons (Fsp3) is 0.467. The standard InChI is InChI=1S/C15H20/c1-10(2)8-14-9-13-7-5-6-11(3)15(13)12(14)4/h5-7,12,14H,1,8-9H2,2-4H3. The lowest BCUT2D eigenvalue weighted by molar-refractivity contribution is 0.478. The molecule has 0 aliphatic heterocycles. The molecule has 1 aromatic rings. The highest BCUT2D eigenvalue weighted by atomic mass is 14.3. The topological polar surface area (TPSA) is 0 Å². The molecule has 0 spiro atoms. The van der Waals surface area contributed by atoms with Crippen LogP contribution in [0.4, 0.5) is 0 Å². The summed E-state index contributed by atoms with van der Waals surface area (Å²) in [5.74, 6) is 1.48. The highest BCUT2D eigenvalue weighted by Crippen LogP contribution is 2.41. The van der Waals surface area contributed by atoms with Gasteiger partial charge in [0.2, 0.25) is 0 Å². The zero-order chi connectivity index (χ0) is 11.0. The Morgan fingerprint density at radius 3 is 2.80 bits per heavy atom. The van der Waals surface area contributed by atoms with Crippen LogP contribution in [-0.4, -0.2) is 0 Å². The largest absolute Gasteiger partial charge is 0.100 e. The van der Waals surface area contributed by atoms with Crippen LogP contribution < -0.4 is 0 Å². The van der Waals surface area contributed by atoms with Gasteiger partial charge in [0, 0.05) is 0 Å². The maximum Gasteiger partial charge on any atom is -0.0150 e. The summed E-state index contributed by atoms with van der Waals surface area (Å²) in [5.41, 5.74) is 5.94. The smallest absolute Gasteiger partial charge is 0.0150 e. The third kappa shape index (κ3) is 1.86. The first kappa shape index (κ1) is 10.5. The second-order valence-corrected chi connectivity index (χ2v) is 5.06. The van der Waals surface area contributed by atoms with Crippen LogP contribution in [0.2, 0.25) is 0 Å². The van der Waals surface area contributed by atoms with Crippen LogP contribution in [0.15, 0.2) is 30.4 Å². The number of rotatable bonds is 2. The molecule has 0 aromatic heterocycles. The molecule has 15 heavy (non-hydrogen) atoms. The SMILES string of the molecule is C=C(C)CC1Cc2cccc(C)c2C1C. The molecular formula is C15H20. The van der Waals surface area contributed by atoms with E-state index in [2.05, 4.69) is 45.5 Å². The second-order valence-electron chi connectivity index (χ2n) is 5.06. The van der Waals surface area contributed by atoms with Gasteiger partial charge in [-0.15, -0.1) is 6.58 Å². The van der Waals surface area contributed by atoms with Crippen molar-refractivity contribution < 1.29 is 0 Å². The van der Waals surface area contributed by atoms with Crippen molar-refractivity contribution in [2.45, 2.75) is 39.5 Å². The average molecular weight is 200 g/mol. The zero-order valence-electron chi connectivity index (χ0n) is 10.0. The Kier molecular flexibility index (Phi) is 2.68. The molecule has 0 bridgehead atoms. The summed E-state index contributed by atoms with van der Waals surface area (Å²) < 4.78 is 0. The molecule has 2 rings (SSSR count). The number of fused-ring (bicyclic) bond motifs is 1. The summed E-state index contributed by atoms with van der Waals surface area (Å²) in [6, 6.07) is 6.71. The van der Waals surface area contributed by atoms with E-state index in [-0.39, 0.29) is 0 Å². The van der Waals surface area contributed by atoms with Gasteiger partial charge >= 0.3 is 0 Å². The van der Waals surface area contributed by atoms with E-state index >= 15 is 0 Å². The number of benzene rings is 1. The molecule has 0 saturated carbocycles. The first-order chi connectivity index (χ1) is 7.09. The predicted molar refractivity (Wildman–Crippen MR) is 66.2 cm³/mol. The van der Waals surface area contributed by atoms with Crippen LogP contribution >= 0.6 is 0 Å². The zero-order valence-corrected chi connectivity index (χ0v) is 10.0. The lowest BCUT2D eigenvalue weighted by Crippen LogP contribution is -2.05. The summed E-state index contributed by atoms with van der Waals surface area (Å²) in [5, 5.41) is 0. The Hall–Kier alpha value is -1.04. The number of aryl methyl sites for hydroxylation is 1. The minimum atomic E-state index is 0.706. The van der Waals surface area contributed by atoms with E-state index in [1.807, 2.05) is 0 Å². The molecular weight excluding hydrogens is 180 g/mol. The van der Waals surface area contributed by atoms with Crippen molar-refractivity contribution in [2.75, 3.05) is 0 Å². The van der Waals surface area contributed by atoms with E-state index in [0.29, 0.717) is 5.92 Å². The molecule has 0 nitrogen and oxygen atoms in total. The highest BCUT2D eigenvalue weighted by Gasteiger charge is 2.29. The van der Waals surface area contributed by atoms with E-state index in [0.717, 1.165) is 5.92 Å². The van der Waals surface area contributed by atoms with E-state index in [1.165, 1.54) is 24.0 Å². The van der Waals surface area contributed by atoms with Gasteiger partial charge in [0.05, 0.1) is 0 Å². The molecule has 1 aliphatic rings. The molecule has 0 N–H and O–H groups in total. The predicted octanol–water partition coefficient (Wildman–Crippen LogP) is 4.24. The van der Waals surface area contributed by atoms with Crippen molar-refractivity contribution >= 4 is 0 Å². The minimum absolute atomic E-state index is 0.706. The normalized spacial score (nSPS) is 23.9. The lowest BCUT2D eigenvalue weighted by Gasteiger charge is -2.16. The molecule has 1 aliphatic carbocycles. The molecule has 0 heteroatoms. The van der Waals surface area contributed by atoms with Crippen LogP contribution in [-0.2, 0) is 6.42 Å². The number of hydrogen-bond acceptors (Lipinski definition) is 0. The maximum atomic E-state index is 4.04. The molecule has 0 saturated heterocycles. The van der Waals surface area contributed by atoms with Gasteiger partial charge in [0.15, 0.2) is 0 Å². The summed E-state index contributed by atoms with van der Waals surface area (Å²) in [6.07, 6.45) is 2.42. The van der Waals surface area contributed by atoms with Gasteiger partial charge in [-0.3, -0.25) is 0 Å². The van der Waals surface area contributed by atoms with Gasteiger partial charge in [-0.05, 0) is 55.2 Å². The lowest BCUT2D eigenvalue weighted by atomic mass is 9.88. The Labute approximate surface area is 93.0 Å². The first-order valence-corrected chi connectivity index (χ1v) is 5.82. The van der Waals surface area contributed by atoms with Crippen molar-refractivity contribution in [3.8, 4) is 0 Å². The fourth-order valence-electron chi connectivity index (χ4n) is 2.96. The Balaban J connectivity index is 2.29. The molecule has 1 aromatic carbocycles. The van der Waals surface area contributed by atoms with Gasteiger partial charge in [-0.2, -0.15) is 0 Å². The van der Waals surface area contributed by atoms with Crippen molar-refractivity contribution in [1.29, 1.82) is 0 Å². The van der Waals surface area contributed by atoms with Gasteiger partial charge in [0.25, 0.3) is 0 Å². The van der Waals surface area contributed by atoms with Gasteiger partial charge in [0.1, 0.15) is 0 Å². The first-order valence-electron chi connectivity index (χ1n) is 5.82. The van der Waals surface area contributed by atoms with Gasteiger partial charge in [-0.1, -0.05) is 30.7 Å². The molecule has 0 fully saturated rings. The van der Waals surface area contributed by atoms with Crippen LogP contribution in [0, 0.1) is 12.8 Å². The summed E-state index contributed by atoms with van der Waals surface area (Å²) in [6.45, 7) is 10.8. The van der Waals surface area contributed by atoms with Crippen molar-refractivity contribution in [3.05, 3.63) is 47.0 Å². The van der Waals surface area contributed by atoms with Crippen LogP contribution in [0.1, 0.15) is 42.9 Å². The van der Waals surface area contributed by atoms with Crippen LogP contribution in [0.25, 0.3) is 0 Å². The van der Waals surface area contributed by atoms with Crippen molar-refractivity contribution in [2.24, 2.45) is 5.92 Å². The quantitative estimate of drug-likeness (QED) is 0.626. The van der Waals surface area contributed by atoms with E-state index in [4.69, 9.17) is 0 Å². The number of allylic oxidation sites excluding steroid dienone is 1. The van der Waals surface area contributed by atoms with E-state index < -0.39 is 0 Å². The minimum Gasteiger partial charge on any atom is -0.100 e. The van der Waals surface area contributed by atoms with Crippen LogP contribution in [0.5, 0.6) is 0 Å². The molecule has 80 valence electrons. The third-order valence-electron chi connectivity index (χ3n) is 3.67. The molecule has 2 atom stereocenters. The Bertz CT molecular complexity index is 387. The Morgan fingerprint density at radius 1 is 1.47 bits per heavy atom. The van der Waals surface area contributed by atoms with Gasteiger partial charge < -0.3 is 0 Å². The third-order valence-corrected chi connectivity index (χ3v) is 3.67. The average Bonchev–Trinajstić information content (AvgIpc) is 2.44. The summed E-state index contributed by atoms with van der Waals surface area (Å²) >= 11 is 0. The Morgan fingerprint density at radius 2 is 2.20 bits per heavy atom. The maximum absolute atomic E-state index is 4.04. The van der Waals surface area contributed by atoms with Gasteiger partial charge in [-0.25, -0.2) is 0 Å². The van der Waals surface area contributed by atoms with E-state index in [1.54, 1.807) is 11.1 Å². The number of hydrogen-bond donors (Lipinski definition) is 0. The van der Waals surface area contributed by atoms with Crippen molar-refractivity contribution in [3.63, 3.8) is 0 Å². The second kappa shape index (κ2) is 3.84. The summed E-state index contributed by atoms with van der Waals surface area (Å²) in [7, 11) is 0. The molecule has 0 radical (unpaired) electrons. The molecule has 0 amide bonds. The van der Waals surface area contributed by atoms with E-state index in [9.17, 15) is 0 Å². The van der Waals surface area contributed by atoms with Crippen LogP contribution in [0.3, 0.4) is 0 Å². The highest BCUT2D eigenvalue weighted by molar-refractivity contribution is 5.41. The monoisotopic (exact) mass is 200 g/mol.